The Kier molecular flexibility index (Phi) is 3.99. The van der Waals surface area contributed by atoms with E-state index in [2.05, 4.69) is 5.32 Å². The molecule has 6 heteroatoms. The first-order valence-corrected chi connectivity index (χ1v) is 6.79. The standard InChI is InChI=1S/C14H16ClFN2O2/c1-7(2)12-13(19)17-8(3)14(20)18(12)11-5-4-9(15)6-10(11)16/h4-8,12H,1-3H3,(H,17,19). The number of carbonyl (C=O) groups excluding carboxylic acids is 2. The summed E-state index contributed by atoms with van der Waals surface area (Å²) in [6, 6.07) is 2.67. The number of anilines is 1. The molecule has 1 aromatic carbocycles. The van der Waals surface area contributed by atoms with Gasteiger partial charge in [-0.1, -0.05) is 25.4 Å². The maximum atomic E-state index is 14.1. The van der Waals surface area contributed by atoms with Gasteiger partial charge in [-0.25, -0.2) is 4.39 Å². The third-order valence-electron chi connectivity index (χ3n) is 3.31. The van der Waals surface area contributed by atoms with Crippen molar-refractivity contribution < 1.29 is 14.0 Å². The minimum Gasteiger partial charge on any atom is -0.343 e. The summed E-state index contributed by atoms with van der Waals surface area (Å²) in [5, 5.41) is 2.86. The maximum absolute atomic E-state index is 14.1. The number of amides is 2. The van der Waals surface area contributed by atoms with Gasteiger partial charge in [-0.2, -0.15) is 0 Å². The Hall–Kier alpha value is -1.62. The molecule has 0 radical (unpaired) electrons. The van der Waals surface area contributed by atoms with Crippen molar-refractivity contribution in [1.82, 2.24) is 5.32 Å². The quantitative estimate of drug-likeness (QED) is 0.911. The van der Waals surface area contributed by atoms with Crippen molar-refractivity contribution in [2.24, 2.45) is 5.92 Å². The highest BCUT2D eigenvalue weighted by atomic mass is 35.5. The molecule has 1 heterocycles. The Morgan fingerprint density at radius 3 is 2.55 bits per heavy atom. The molecule has 1 saturated heterocycles. The first kappa shape index (κ1) is 14.8. The molecule has 1 fully saturated rings. The zero-order valence-corrected chi connectivity index (χ0v) is 12.2. The number of nitrogens with zero attached hydrogens (tertiary/aromatic N) is 1. The minimum atomic E-state index is -0.727. The summed E-state index contributed by atoms with van der Waals surface area (Å²) in [5.41, 5.74) is 0.0831. The second-order valence-corrected chi connectivity index (χ2v) is 5.66. The lowest BCUT2D eigenvalue weighted by molar-refractivity contribution is -0.134. The number of piperazine rings is 1. The van der Waals surface area contributed by atoms with Crippen LogP contribution in [-0.2, 0) is 9.59 Å². The molecule has 108 valence electrons. The molecule has 0 saturated carbocycles. The van der Waals surface area contributed by atoms with E-state index < -0.39 is 17.9 Å². The minimum absolute atomic E-state index is 0.0831. The Morgan fingerprint density at radius 2 is 2.00 bits per heavy atom. The Morgan fingerprint density at radius 1 is 1.35 bits per heavy atom. The number of hydrogen-bond acceptors (Lipinski definition) is 2. The third kappa shape index (κ3) is 2.50. The highest BCUT2D eigenvalue weighted by Crippen LogP contribution is 2.29. The van der Waals surface area contributed by atoms with Crippen LogP contribution in [0.3, 0.4) is 0 Å². The Balaban J connectivity index is 2.52. The third-order valence-corrected chi connectivity index (χ3v) is 3.55. The molecular weight excluding hydrogens is 283 g/mol. The van der Waals surface area contributed by atoms with Crippen molar-refractivity contribution in [1.29, 1.82) is 0 Å². The van der Waals surface area contributed by atoms with Crippen molar-refractivity contribution >= 4 is 29.1 Å². The molecule has 0 aliphatic carbocycles. The summed E-state index contributed by atoms with van der Waals surface area (Å²) in [5.74, 6) is -1.36. The van der Waals surface area contributed by atoms with Crippen LogP contribution in [0, 0.1) is 11.7 Å². The molecule has 0 aromatic heterocycles. The smallest absolute Gasteiger partial charge is 0.250 e. The predicted octanol–water partition coefficient (Wildman–Crippen LogP) is 2.36. The average molecular weight is 299 g/mol. The molecule has 1 aliphatic heterocycles. The highest BCUT2D eigenvalue weighted by Gasteiger charge is 2.41. The SMILES string of the molecule is CC1NC(=O)C(C(C)C)N(c2ccc(Cl)cc2F)C1=O. The summed E-state index contributed by atoms with van der Waals surface area (Å²) in [6.07, 6.45) is 0. The average Bonchev–Trinajstić information content (AvgIpc) is 2.33. The number of halogens is 2. The van der Waals surface area contributed by atoms with Crippen LogP contribution in [0.2, 0.25) is 5.02 Å². The highest BCUT2D eigenvalue weighted by molar-refractivity contribution is 6.30. The van der Waals surface area contributed by atoms with Gasteiger partial charge in [0.05, 0.1) is 5.69 Å². The molecule has 0 spiro atoms. The van der Waals surface area contributed by atoms with Crippen LogP contribution in [0.5, 0.6) is 0 Å². The summed E-state index contributed by atoms with van der Waals surface area (Å²) >= 11 is 5.73. The molecule has 0 bridgehead atoms. The Bertz CT molecular complexity index is 562. The van der Waals surface area contributed by atoms with Gasteiger partial charge in [-0.05, 0) is 31.0 Å². The lowest BCUT2D eigenvalue weighted by Gasteiger charge is -2.39. The number of carbonyl (C=O) groups is 2. The van der Waals surface area contributed by atoms with Gasteiger partial charge >= 0.3 is 0 Å². The van der Waals surface area contributed by atoms with E-state index in [9.17, 15) is 14.0 Å². The Labute approximate surface area is 121 Å². The normalized spacial score (nSPS) is 23.2. The zero-order valence-electron chi connectivity index (χ0n) is 11.5. The van der Waals surface area contributed by atoms with E-state index in [-0.39, 0.29) is 28.4 Å². The predicted molar refractivity (Wildman–Crippen MR) is 75.1 cm³/mol. The van der Waals surface area contributed by atoms with E-state index in [1.165, 1.54) is 17.0 Å². The fourth-order valence-electron chi connectivity index (χ4n) is 2.37. The van der Waals surface area contributed by atoms with Gasteiger partial charge in [0, 0.05) is 5.02 Å². The lowest BCUT2D eigenvalue weighted by Crippen LogP contribution is -2.64. The van der Waals surface area contributed by atoms with E-state index >= 15 is 0 Å². The van der Waals surface area contributed by atoms with E-state index in [0.717, 1.165) is 6.07 Å². The first-order valence-electron chi connectivity index (χ1n) is 6.41. The molecular formula is C14H16ClFN2O2. The molecule has 1 N–H and O–H groups in total. The van der Waals surface area contributed by atoms with Crippen LogP contribution >= 0.6 is 11.6 Å². The van der Waals surface area contributed by atoms with E-state index in [0.29, 0.717) is 0 Å². The van der Waals surface area contributed by atoms with Gasteiger partial charge in [0.1, 0.15) is 17.9 Å². The van der Waals surface area contributed by atoms with Gasteiger partial charge in [-0.15, -0.1) is 0 Å². The van der Waals surface area contributed by atoms with Gasteiger partial charge in [-0.3, -0.25) is 14.5 Å². The molecule has 2 rings (SSSR count). The van der Waals surface area contributed by atoms with E-state index in [1.54, 1.807) is 6.92 Å². The van der Waals surface area contributed by atoms with Crippen LogP contribution in [-0.4, -0.2) is 23.9 Å². The number of rotatable bonds is 2. The van der Waals surface area contributed by atoms with Gasteiger partial charge in [0.15, 0.2) is 0 Å². The van der Waals surface area contributed by atoms with Crippen molar-refractivity contribution in [2.75, 3.05) is 4.90 Å². The molecule has 4 nitrogen and oxygen atoms in total. The van der Waals surface area contributed by atoms with Gasteiger partial charge < -0.3 is 5.32 Å². The summed E-state index contributed by atoms with van der Waals surface area (Å²) in [7, 11) is 0. The number of nitrogens with one attached hydrogen (secondary N) is 1. The fourth-order valence-corrected chi connectivity index (χ4v) is 2.53. The van der Waals surface area contributed by atoms with Gasteiger partial charge in [0.25, 0.3) is 0 Å². The molecule has 1 aliphatic rings. The van der Waals surface area contributed by atoms with E-state index in [1.807, 2.05) is 13.8 Å². The zero-order chi connectivity index (χ0) is 15.0. The largest absolute Gasteiger partial charge is 0.343 e. The first-order chi connectivity index (χ1) is 9.32. The molecule has 1 aromatic rings. The van der Waals surface area contributed by atoms with Crippen molar-refractivity contribution in [3.8, 4) is 0 Å². The fraction of sp³-hybridized carbons (Fsp3) is 0.429. The van der Waals surface area contributed by atoms with Crippen LogP contribution in [0.15, 0.2) is 18.2 Å². The monoisotopic (exact) mass is 298 g/mol. The number of hydrogen-bond donors (Lipinski definition) is 1. The van der Waals surface area contributed by atoms with Crippen LogP contribution < -0.4 is 10.2 Å². The summed E-state index contributed by atoms with van der Waals surface area (Å²) < 4.78 is 14.1. The topological polar surface area (TPSA) is 49.4 Å². The molecule has 2 atom stereocenters. The summed E-state index contributed by atoms with van der Waals surface area (Å²) in [4.78, 5) is 25.7. The summed E-state index contributed by atoms with van der Waals surface area (Å²) in [6.45, 7) is 5.21. The van der Waals surface area contributed by atoms with Crippen molar-refractivity contribution in [2.45, 2.75) is 32.9 Å². The van der Waals surface area contributed by atoms with Gasteiger partial charge in [0.2, 0.25) is 11.8 Å². The van der Waals surface area contributed by atoms with Crippen LogP contribution in [0.4, 0.5) is 10.1 Å². The second-order valence-electron chi connectivity index (χ2n) is 5.22. The number of benzene rings is 1. The van der Waals surface area contributed by atoms with E-state index in [4.69, 9.17) is 11.6 Å². The van der Waals surface area contributed by atoms with Crippen molar-refractivity contribution in [3.05, 3.63) is 29.0 Å². The van der Waals surface area contributed by atoms with Crippen molar-refractivity contribution in [3.63, 3.8) is 0 Å². The molecule has 2 unspecified atom stereocenters. The molecule has 20 heavy (non-hydrogen) atoms. The molecule has 2 amide bonds. The van der Waals surface area contributed by atoms with Crippen LogP contribution in [0.25, 0.3) is 0 Å². The van der Waals surface area contributed by atoms with Crippen LogP contribution in [0.1, 0.15) is 20.8 Å². The second kappa shape index (κ2) is 5.40. The lowest BCUT2D eigenvalue weighted by atomic mass is 9.96. The maximum Gasteiger partial charge on any atom is 0.250 e.